The van der Waals surface area contributed by atoms with Crippen molar-refractivity contribution in [3.05, 3.63) is 18.2 Å². The van der Waals surface area contributed by atoms with Crippen LogP contribution in [0.5, 0.6) is 0 Å². The Labute approximate surface area is 73.4 Å². The summed E-state index contributed by atoms with van der Waals surface area (Å²) < 4.78 is 38.0. The van der Waals surface area contributed by atoms with Crippen molar-refractivity contribution in [3.63, 3.8) is 0 Å². The van der Waals surface area contributed by atoms with Crippen LogP contribution in [-0.4, -0.2) is 22.5 Å². The molecule has 0 spiro atoms. The number of nitrogens with zero attached hydrogens (tertiary/aromatic N) is 1. The fraction of sp³-hybridized carbons (Fsp3) is 0. The van der Waals surface area contributed by atoms with Crippen molar-refractivity contribution in [1.82, 2.24) is 4.98 Å². The normalized spacial score (nSPS) is 15.5. The average Bonchev–Trinajstić information content (AvgIpc) is 2.04. The molecule has 1 aromatic heterocycles. The van der Waals surface area contributed by atoms with Crippen molar-refractivity contribution >= 4 is 22.2 Å². The number of hydrogen-bond donors (Lipinski definition) is 2. The van der Waals surface area contributed by atoms with Crippen LogP contribution in [0.1, 0.15) is 0 Å². The van der Waals surface area contributed by atoms with Crippen LogP contribution >= 0.6 is 0 Å². The van der Waals surface area contributed by atoms with Gasteiger partial charge in [0, 0.05) is 0 Å². The van der Waals surface area contributed by atoms with Gasteiger partial charge < -0.3 is 9.11 Å². The zero-order valence-corrected chi connectivity index (χ0v) is 7.34. The topological polar surface area (TPSA) is 87.5 Å². The monoisotopic (exact) mass is 207 g/mol. The van der Waals surface area contributed by atoms with Gasteiger partial charge in [0.05, 0.1) is 0 Å². The number of aromatic nitrogens is 1. The molecule has 12 heavy (non-hydrogen) atoms. The highest BCUT2D eigenvalue weighted by molar-refractivity contribution is 7.79. The molecule has 0 bridgehead atoms. The van der Waals surface area contributed by atoms with Crippen LogP contribution in [0, 0.1) is 0 Å². The molecule has 0 fully saturated rings. The first-order valence-corrected chi connectivity index (χ1v) is 5.01. The molecule has 0 aliphatic rings. The summed E-state index contributed by atoms with van der Waals surface area (Å²) in [6.07, 6.45) is 0. The molecular formula is C5H5NO4S2. The van der Waals surface area contributed by atoms with Gasteiger partial charge in [0.2, 0.25) is 22.2 Å². The second-order valence-electron chi connectivity index (χ2n) is 1.81. The van der Waals surface area contributed by atoms with Gasteiger partial charge in [-0.05, 0) is 12.1 Å². The van der Waals surface area contributed by atoms with E-state index in [0.29, 0.717) is 0 Å². The fourth-order valence-electron chi connectivity index (χ4n) is 0.590. The number of hydrogen-bond acceptors (Lipinski definition) is 3. The molecule has 0 saturated carbocycles. The maximum Gasteiger partial charge on any atom is 0.205 e. The van der Waals surface area contributed by atoms with Gasteiger partial charge in [-0.3, -0.25) is 0 Å². The van der Waals surface area contributed by atoms with E-state index < -0.39 is 22.2 Å². The van der Waals surface area contributed by atoms with Gasteiger partial charge in [-0.15, -0.1) is 0 Å². The van der Waals surface area contributed by atoms with Crippen LogP contribution < -0.4 is 0 Å². The highest BCUT2D eigenvalue weighted by Gasteiger charge is 2.05. The highest BCUT2D eigenvalue weighted by Crippen LogP contribution is 2.04. The van der Waals surface area contributed by atoms with Crippen molar-refractivity contribution in [1.29, 1.82) is 0 Å². The van der Waals surface area contributed by atoms with E-state index in [9.17, 15) is 8.42 Å². The first kappa shape index (κ1) is 9.46. The molecule has 0 radical (unpaired) electrons. The Morgan fingerprint density at radius 2 is 1.50 bits per heavy atom. The standard InChI is InChI=1S/C5H5NO4S2/c7-11(8)4-2-1-3-5(6-4)12(9)10/h1-3H,(H,7,8)(H,9,10). The fourth-order valence-corrected chi connectivity index (χ4v) is 1.39. The summed E-state index contributed by atoms with van der Waals surface area (Å²) in [6, 6.07) is 3.98. The average molecular weight is 207 g/mol. The molecule has 66 valence electrons. The minimum absolute atomic E-state index is 0.130. The van der Waals surface area contributed by atoms with Gasteiger partial charge in [0.15, 0.2) is 10.1 Å². The molecule has 0 saturated heterocycles. The van der Waals surface area contributed by atoms with Gasteiger partial charge >= 0.3 is 0 Å². The van der Waals surface area contributed by atoms with Gasteiger partial charge in [0.25, 0.3) is 0 Å². The molecule has 1 aromatic rings. The SMILES string of the molecule is O=S(O)c1cccc(S(=O)O)n1. The molecule has 2 unspecified atom stereocenters. The van der Waals surface area contributed by atoms with Crippen LogP contribution in [0.4, 0.5) is 0 Å². The van der Waals surface area contributed by atoms with Crippen LogP contribution in [0.3, 0.4) is 0 Å². The summed E-state index contributed by atoms with van der Waals surface area (Å²) in [4.78, 5) is 3.47. The molecule has 7 heteroatoms. The van der Waals surface area contributed by atoms with E-state index in [-0.39, 0.29) is 10.1 Å². The third-order valence-electron chi connectivity index (χ3n) is 1.06. The molecule has 0 aliphatic carbocycles. The van der Waals surface area contributed by atoms with Crippen LogP contribution in [0.2, 0.25) is 0 Å². The summed E-state index contributed by atoms with van der Waals surface area (Å²) >= 11 is -4.42. The van der Waals surface area contributed by atoms with E-state index in [4.69, 9.17) is 9.11 Å². The quantitative estimate of drug-likeness (QED) is 0.678. The molecule has 1 rings (SSSR count). The summed E-state index contributed by atoms with van der Waals surface area (Å²) in [5, 5.41) is -0.259. The zero-order chi connectivity index (χ0) is 9.14. The Balaban J connectivity index is 3.12. The third kappa shape index (κ3) is 2.18. The second-order valence-corrected chi connectivity index (χ2v) is 3.65. The lowest BCUT2D eigenvalue weighted by Crippen LogP contribution is -1.98. The minimum atomic E-state index is -2.21. The molecule has 2 atom stereocenters. The predicted molar refractivity (Wildman–Crippen MR) is 42.3 cm³/mol. The molecule has 0 aromatic carbocycles. The van der Waals surface area contributed by atoms with E-state index >= 15 is 0 Å². The maximum atomic E-state index is 10.4. The van der Waals surface area contributed by atoms with Crippen molar-refractivity contribution in [2.45, 2.75) is 10.1 Å². The second kappa shape index (κ2) is 3.85. The van der Waals surface area contributed by atoms with Crippen LogP contribution in [0.25, 0.3) is 0 Å². The Morgan fingerprint density at radius 1 is 1.08 bits per heavy atom. The number of pyridine rings is 1. The van der Waals surface area contributed by atoms with Crippen molar-refractivity contribution in [2.75, 3.05) is 0 Å². The predicted octanol–water partition coefficient (Wildman–Crippen LogP) is 0.243. The van der Waals surface area contributed by atoms with E-state index in [2.05, 4.69) is 4.98 Å². The summed E-state index contributed by atoms with van der Waals surface area (Å²) in [5.41, 5.74) is 0. The van der Waals surface area contributed by atoms with Crippen molar-refractivity contribution in [3.8, 4) is 0 Å². The van der Waals surface area contributed by atoms with Crippen molar-refractivity contribution in [2.24, 2.45) is 0 Å². The lowest BCUT2D eigenvalue weighted by Gasteiger charge is -1.95. The minimum Gasteiger partial charge on any atom is -0.301 e. The first-order chi connectivity index (χ1) is 5.61. The van der Waals surface area contributed by atoms with Gasteiger partial charge in [-0.2, -0.15) is 0 Å². The molecule has 0 aliphatic heterocycles. The maximum absolute atomic E-state index is 10.4. The van der Waals surface area contributed by atoms with E-state index in [1.165, 1.54) is 18.2 Å². The lowest BCUT2D eigenvalue weighted by atomic mass is 10.5. The third-order valence-corrected chi connectivity index (χ3v) is 2.23. The van der Waals surface area contributed by atoms with E-state index in [0.717, 1.165) is 0 Å². The summed E-state index contributed by atoms with van der Waals surface area (Å²) in [6.45, 7) is 0. The lowest BCUT2D eigenvalue weighted by molar-refractivity contribution is 0.552. The Bertz CT molecular complexity index is 311. The first-order valence-electron chi connectivity index (χ1n) is 2.80. The smallest absolute Gasteiger partial charge is 0.205 e. The largest absolute Gasteiger partial charge is 0.301 e. The van der Waals surface area contributed by atoms with Crippen LogP contribution in [-0.2, 0) is 22.2 Å². The molecule has 5 nitrogen and oxygen atoms in total. The molecular weight excluding hydrogens is 202 g/mol. The highest BCUT2D eigenvalue weighted by atomic mass is 32.2. The number of rotatable bonds is 2. The summed E-state index contributed by atoms with van der Waals surface area (Å²) in [7, 11) is 0. The van der Waals surface area contributed by atoms with Crippen molar-refractivity contribution < 1.29 is 17.5 Å². The van der Waals surface area contributed by atoms with Gasteiger partial charge in [0.1, 0.15) is 0 Å². The van der Waals surface area contributed by atoms with Crippen LogP contribution in [0.15, 0.2) is 28.3 Å². The Hall–Kier alpha value is -0.630. The molecule has 0 amide bonds. The zero-order valence-electron chi connectivity index (χ0n) is 5.71. The molecule has 2 N–H and O–H groups in total. The van der Waals surface area contributed by atoms with Gasteiger partial charge in [-0.25, -0.2) is 13.4 Å². The van der Waals surface area contributed by atoms with E-state index in [1.54, 1.807) is 0 Å². The summed E-state index contributed by atoms with van der Waals surface area (Å²) in [5.74, 6) is 0. The van der Waals surface area contributed by atoms with E-state index in [1.807, 2.05) is 0 Å². The Morgan fingerprint density at radius 3 is 1.83 bits per heavy atom. The van der Waals surface area contributed by atoms with Gasteiger partial charge in [-0.1, -0.05) is 6.07 Å². The molecule has 1 heterocycles. The Kier molecular flexibility index (Phi) is 3.04.